The van der Waals surface area contributed by atoms with Crippen LogP contribution in [0.4, 0.5) is 5.82 Å². The summed E-state index contributed by atoms with van der Waals surface area (Å²) in [6.07, 6.45) is 9.28. The molecule has 0 aromatic carbocycles. The molecule has 0 bridgehead atoms. The van der Waals surface area contributed by atoms with E-state index in [1.165, 1.54) is 5.69 Å². The summed E-state index contributed by atoms with van der Waals surface area (Å²) in [4.78, 5) is 27.3. The molecule has 1 aliphatic rings. The van der Waals surface area contributed by atoms with Crippen LogP contribution in [0.25, 0.3) is 22.6 Å². The SMILES string of the molecule is CCn1c(-c2cnc(C)nc2)nc2c(NC3CCc4cnc(C(C)C)n4C3)ncnc21. The number of nitrogens with one attached hydrogen (secondary N) is 1. The molecular weight excluding hydrogens is 390 g/mol. The average Bonchev–Trinajstić information content (AvgIpc) is 3.36. The molecule has 31 heavy (non-hydrogen) atoms. The third-order valence-corrected chi connectivity index (χ3v) is 5.87. The first-order valence-electron chi connectivity index (χ1n) is 10.9. The smallest absolute Gasteiger partial charge is 0.165 e. The Morgan fingerprint density at radius 2 is 1.90 bits per heavy atom. The van der Waals surface area contributed by atoms with Gasteiger partial charge in [-0.25, -0.2) is 29.9 Å². The monoisotopic (exact) mass is 417 g/mol. The zero-order valence-corrected chi connectivity index (χ0v) is 18.4. The standard InChI is InChI=1S/C22H27N9/c1-5-30-21(15-8-23-14(4)24-9-15)29-18-19(26-12-27-22(18)30)28-16-6-7-17-10-25-20(13(2)3)31(17)11-16/h8-10,12-13,16H,5-7,11H2,1-4H3,(H,26,27,28). The molecule has 1 N–H and O–H groups in total. The molecule has 5 rings (SSSR count). The van der Waals surface area contributed by atoms with Gasteiger partial charge in [-0.15, -0.1) is 0 Å². The minimum Gasteiger partial charge on any atom is -0.364 e. The summed E-state index contributed by atoms with van der Waals surface area (Å²) in [7, 11) is 0. The van der Waals surface area contributed by atoms with Gasteiger partial charge < -0.3 is 14.5 Å². The second-order valence-corrected chi connectivity index (χ2v) is 8.35. The summed E-state index contributed by atoms with van der Waals surface area (Å²) in [5.74, 6) is 3.86. The van der Waals surface area contributed by atoms with E-state index >= 15 is 0 Å². The van der Waals surface area contributed by atoms with E-state index in [9.17, 15) is 0 Å². The fraction of sp³-hybridized carbons (Fsp3) is 0.455. The normalized spacial score (nSPS) is 16.1. The van der Waals surface area contributed by atoms with Gasteiger partial charge in [-0.1, -0.05) is 13.8 Å². The fourth-order valence-electron chi connectivity index (χ4n) is 4.31. The predicted molar refractivity (Wildman–Crippen MR) is 119 cm³/mol. The average molecular weight is 418 g/mol. The Morgan fingerprint density at radius 1 is 1.10 bits per heavy atom. The van der Waals surface area contributed by atoms with Crippen molar-refractivity contribution in [2.45, 2.75) is 65.6 Å². The van der Waals surface area contributed by atoms with Gasteiger partial charge in [0.2, 0.25) is 0 Å². The van der Waals surface area contributed by atoms with Crippen LogP contribution in [0.3, 0.4) is 0 Å². The maximum Gasteiger partial charge on any atom is 0.165 e. The molecule has 0 aliphatic carbocycles. The van der Waals surface area contributed by atoms with Crippen molar-refractivity contribution < 1.29 is 0 Å². The van der Waals surface area contributed by atoms with E-state index in [-0.39, 0.29) is 6.04 Å². The van der Waals surface area contributed by atoms with Gasteiger partial charge in [-0.2, -0.15) is 0 Å². The lowest BCUT2D eigenvalue weighted by atomic mass is 10.0. The summed E-state index contributed by atoms with van der Waals surface area (Å²) in [6.45, 7) is 9.96. The number of hydrogen-bond acceptors (Lipinski definition) is 7. The summed E-state index contributed by atoms with van der Waals surface area (Å²) >= 11 is 0. The number of rotatable bonds is 5. The number of aromatic nitrogens is 8. The Labute approximate surface area is 181 Å². The van der Waals surface area contributed by atoms with E-state index < -0.39 is 0 Å². The van der Waals surface area contributed by atoms with Crippen LogP contribution in [0.15, 0.2) is 24.9 Å². The maximum atomic E-state index is 4.91. The zero-order valence-electron chi connectivity index (χ0n) is 18.4. The molecule has 160 valence electrons. The lowest BCUT2D eigenvalue weighted by Gasteiger charge is -2.27. The van der Waals surface area contributed by atoms with E-state index in [1.807, 2.05) is 25.5 Å². The molecule has 9 heteroatoms. The summed E-state index contributed by atoms with van der Waals surface area (Å²) < 4.78 is 4.44. The maximum absolute atomic E-state index is 4.91. The molecule has 4 aromatic rings. The molecule has 0 spiro atoms. The van der Waals surface area contributed by atoms with Gasteiger partial charge in [0.05, 0.1) is 5.56 Å². The summed E-state index contributed by atoms with van der Waals surface area (Å²) in [5, 5.41) is 3.64. The largest absolute Gasteiger partial charge is 0.364 e. The molecule has 1 unspecified atom stereocenters. The quantitative estimate of drug-likeness (QED) is 0.531. The van der Waals surface area contributed by atoms with Gasteiger partial charge in [-0.05, 0) is 26.7 Å². The van der Waals surface area contributed by atoms with Crippen LogP contribution in [0.5, 0.6) is 0 Å². The van der Waals surface area contributed by atoms with Crippen LogP contribution in [-0.2, 0) is 19.5 Å². The number of fused-ring (bicyclic) bond motifs is 2. The molecular formula is C22H27N9. The van der Waals surface area contributed by atoms with Crippen molar-refractivity contribution in [1.29, 1.82) is 0 Å². The molecule has 0 saturated carbocycles. The molecule has 9 nitrogen and oxygen atoms in total. The lowest BCUT2D eigenvalue weighted by molar-refractivity contribution is 0.463. The molecule has 0 radical (unpaired) electrons. The van der Waals surface area contributed by atoms with Crippen molar-refractivity contribution in [3.8, 4) is 11.4 Å². The van der Waals surface area contributed by atoms with E-state index in [0.29, 0.717) is 5.92 Å². The topological polar surface area (TPSA) is 99.2 Å². The van der Waals surface area contributed by atoms with Gasteiger partial charge in [0.15, 0.2) is 17.0 Å². The van der Waals surface area contributed by atoms with Crippen LogP contribution in [0.1, 0.15) is 50.5 Å². The molecule has 1 atom stereocenters. The van der Waals surface area contributed by atoms with Gasteiger partial charge in [-0.3, -0.25) is 0 Å². The first-order chi connectivity index (χ1) is 15.0. The van der Waals surface area contributed by atoms with Crippen molar-refractivity contribution in [2.75, 3.05) is 5.32 Å². The Hall–Kier alpha value is -3.36. The predicted octanol–water partition coefficient (Wildman–Crippen LogP) is 3.36. The van der Waals surface area contributed by atoms with Crippen molar-refractivity contribution in [2.24, 2.45) is 0 Å². The Morgan fingerprint density at radius 3 is 2.65 bits per heavy atom. The fourth-order valence-corrected chi connectivity index (χ4v) is 4.31. The number of aryl methyl sites for hydroxylation is 3. The minimum atomic E-state index is 0.259. The highest BCUT2D eigenvalue weighted by Crippen LogP contribution is 2.28. The van der Waals surface area contributed by atoms with Crippen LogP contribution in [0.2, 0.25) is 0 Å². The first-order valence-corrected chi connectivity index (χ1v) is 10.9. The number of hydrogen-bond donors (Lipinski definition) is 1. The van der Waals surface area contributed by atoms with Crippen LogP contribution in [-0.4, -0.2) is 45.1 Å². The third kappa shape index (κ3) is 3.43. The van der Waals surface area contributed by atoms with E-state index in [0.717, 1.165) is 65.9 Å². The third-order valence-electron chi connectivity index (χ3n) is 5.87. The van der Waals surface area contributed by atoms with Crippen LogP contribution < -0.4 is 5.32 Å². The number of imidazole rings is 2. The highest BCUT2D eigenvalue weighted by molar-refractivity contribution is 5.86. The molecule has 0 fully saturated rings. The summed E-state index contributed by atoms with van der Waals surface area (Å²) in [5.41, 5.74) is 3.78. The van der Waals surface area contributed by atoms with Crippen molar-refractivity contribution >= 4 is 17.0 Å². The molecule has 1 aliphatic heterocycles. The summed E-state index contributed by atoms with van der Waals surface area (Å²) in [6, 6.07) is 0.259. The molecule has 0 saturated heterocycles. The van der Waals surface area contributed by atoms with E-state index in [4.69, 9.17) is 4.98 Å². The van der Waals surface area contributed by atoms with Crippen LogP contribution in [0, 0.1) is 6.92 Å². The second kappa shape index (κ2) is 7.72. The van der Waals surface area contributed by atoms with Gasteiger partial charge in [0.1, 0.15) is 23.8 Å². The highest BCUT2D eigenvalue weighted by atomic mass is 15.2. The lowest BCUT2D eigenvalue weighted by Crippen LogP contribution is -2.32. The number of nitrogens with zero attached hydrogens (tertiary/aromatic N) is 8. The Balaban J connectivity index is 1.49. The first kappa shape index (κ1) is 19.6. The Bertz CT molecular complexity index is 1220. The van der Waals surface area contributed by atoms with E-state index in [1.54, 1.807) is 6.33 Å². The van der Waals surface area contributed by atoms with E-state index in [2.05, 4.69) is 60.1 Å². The van der Waals surface area contributed by atoms with Crippen molar-refractivity contribution in [3.63, 3.8) is 0 Å². The van der Waals surface area contributed by atoms with Gasteiger partial charge in [0, 0.05) is 49.3 Å². The van der Waals surface area contributed by atoms with Gasteiger partial charge >= 0.3 is 0 Å². The molecule has 4 aromatic heterocycles. The van der Waals surface area contributed by atoms with Crippen LogP contribution >= 0.6 is 0 Å². The minimum absolute atomic E-state index is 0.259. The number of anilines is 1. The highest BCUT2D eigenvalue weighted by Gasteiger charge is 2.24. The zero-order chi connectivity index (χ0) is 21.5. The second-order valence-electron chi connectivity index (χ2n) is 8.35. The van der Waals surface area contributed by atoms with Gasteiger partial charge in [0.25, 0.3) is 0 Å². The molecule has 5 heterocycles. The van der Waals surface area contributed by atoms with Crippen molar-refractivity contribution in [3.05, 3.63) is 42.3 Å². The Kier molecular flexibility index (Phi) is 4.88. The molecule has 0 amide bonds. The van der Waals surface area contributed by atoms with Crippen molar-refractivity contribution in [1.82, 2.24) is 39.0 Å².